The predicted molar refractivity (Wildman–Crippen MR) is 49.4 cm³/mol. The molecule has 0 aliphatic heterocycles. The number of aromatic nitrogens is 1. The van der Waals surface area contributed by atoms with Crippen molar-refractivity contribution < 1.29 is 22.6 Å². The summed E-state index contributed by atoms with van der Waals surface area (Å²) in [7, 11) is 1.27. The van der Waals surface area contributed by atoms with Crippen molar-refractivity contribution in [1.82, 2.24) is 4.98 Å². The van der Waals surface area contributed by atoms with Crippen molar-refractivity contribution in [2.24, 2.45) is 0 Å². The third-order valence-corrected chi connectivity index (χ3v) is 2.17. The molecule has 0 atom stereocenters. The van der Waals surface area contributed by atoms with Crippen LogP contribution in [0.2, 0.25) is 0 Å². The molecule has 1 saturated carbocycles. The van der Waals surface area contributed by atoms with Crippen molar-refractivity contribution in [3.8, 4) is 11.6 Å². The van der Waals surface area contributed by atoms with Crippen LogP contribution in [0.15, 0.2) is 12.3 Å². The van der Waals surface area contributed by atoms with E-state index in [9.17, 15) is 13.2 Å². The van der Waals surface area contributed by atoms with Gasteiger partial charge in [-0.05, 0) is 12.8 Å². The molecule has 0 spiro atoms. The molecule has 3 nitrogen and oxygen atoms in total. The molecule has 1 aromatic heterocycles. The number of ether oxygens (including phenoxy) is 2. The molecule has 0 unspecified atom stereocenters. The van der Waals surface area contributed by atoms with Gasteiger partial charge in [0.25, 0.3) is 0 Å². The summed E-state index contributed by atoms with van der Waals surface area (Å²) in [5.41, 5.74) is -0.841. The summed E-state index contributed by atoms with van der Waals surface area (Å²) in [6.45, 7) is 0. The summed E-state index contributed by atoms with van der Waals surface area (Å²) in [6.07, 6.45) is -1.91. The number of rotatable bonds is 3. The van der Waals surface area contributed by atoms with E-state index in [1.165, 1.54) is 7.11 Å². The molecule has 1 aliphatic carbocycles. The lowest BCUT2D eigenvalue weighted by Crippen LogP contribution is -2.10. The zero-order chi connectivity index (χ0) is 11.8. The Morgan fingerprint density at radius 2 is 2.06 bits per heavy atom. The van der Waals surface area contributed by atoms with Crippen LogP contribution < -0.4 is 9.47 Å². The highest BCUT2D eigenvalue weighted by atomic mass is 19.4. The molecule has 0 aromatic carbocycles. The molecule has 1 fully saturated rings. The fourth-order valence-electron chi connectivity index (χ4n) is 1.22. The van der Waals surface area contributed by atoms with Crippen molar-refractivity contribution in [3.63, 3.8) is 0 Å². The molecule has 1 aromatic rings. The van der Waals surface area contributed by atoms with Gasteiger partial charge in [-0.1, -0.05) is 0 Å². The minimum Gasteiger partial charge on any atom is -0.488 e. The fourth-order valence-corrected chi connectivity index (χ4v) is 1.22. The normalized spacial score (nSPS) is 16.0. The maximum Gasteiger partial charge on any atom is 0.420 e. The van der Waals surface area contributed by atoms with E-state index in [0.29, 0.717) is 0 Å². The van der Waals surface area contributed by atoms with E-state index in [2.05, 4.69) is 9.72 Å². The molecule has 2 rings (SSSR count). The van der Waals surface area contributed by atoms with E-state index in [4.69, 9.17) is 4.74 Å². The molecule has 0 saturated heterocycles. The third-order valence-electron chi connectivity index (χ3n) is 2.17. The van der Waals surface area contributed by atoms with Gasteiger partial charge in [0.2, 0.25) is 5.88 Å². The molecule has 0 amide bonds. The van der Waals surface area contributed by atoms with Gasteiger partial charge < -0.3 is 9.47 Å². The zero-order valence-corrected chi connectivity index (χ0v) is 8.54. The van der Waals surface area contributed by atoms with Crippen molar-refractivity contribution >= 4 is 0 Å². The van der Waals surface area contributed by atoms with E-state index in [0.717, 1.165) is 25.1 Å². The summed E-state index contributed by atoms with van der Waals surface area (Å²) >= 11 is 0. The molecular formula is C10H10F3NO2. The predicted octanol–water partition coefficient (Wildman–Crippen LogP) is 2.65. The van der Waals surface area contributed by atoms with E-state index in [-0.39, 0.29) is 17.7 Å². The summed E-state index contributed by atoms with van der Waals surface area (Å²) < 4.78 is 47.8. The first-order valence-electron chi connectivity index (χ1n) is 4.78. The maximum atomic E-state index is 12.7. The van der Waals surface area contributed by atoms with Gasteiger partial charge in [0.1, 0.15) is 5.56 Å². The molecule has 1 aliphatic rings. The first kappa shape index (κ1) is 11.0. The van der Waals surface area contributed by atoms with Crippen LogP contribution in [0.1, 0.15) is 18.4 Å². The summed E-state index contributed by atoms with van der Waals surface area (Å²) in [5.74, 6) is -0.300. The Kier molecular flexibility index (Phi) is 2.65. The molecular weight excluding hydrogens is 223 g/mol. The van der Waals surface area contributed by atoms with E-state index >= 15 is 0 Å². The lowest BCUT2D eigenvalue weighted by molar-refractivity contribution is -0.139. The monoisotopic (exact) mass is 233 g/mol. The second-order valence-electron chi connectivity index (χ2n) is 3.54. The van der Waals surface area contributed by atoms with E-state index in [1.54, 1.807) is 0 Å². The standard InChI is InChI=1S/C10H10F3NO2/c1-15-9-4-7(10(11,12)13)8(5-14-9)16-6-2-3-6/h4-6H,2-3H2,1H3. The Balaban J connectivity index is 2.33. The highest BCUT2D eigenvalue weighted by Gasteiger charge is 2.37. The smallest absolute Gasteiger partial charge is 0.420 e. The average Bonchev–Trinajstić information content (AvgIpc) is 3.01. The lowest BCUT2D eigenvalue weighted by Gasteiger charge is -2.13. The highest BCUT2D eigenvalue weighted by Crippen LogP contribution is 2.39. The number of methoxy groups -OCH3 is 1. The van der Waals surface area contributed by atoms with Crippen LogP contribution in [-0.4, -0.2) is 18.2 Å². The maximum absolute atomic E-state index is 12.7. The molecule has 0 N–H and O–H groups in total. The van der Waals surface area contributed by atoms with Gasteiger partial charge in [-0.15, -0.1) is 0 Å². The van der Waals surface area contributed by atoms with Gasteiger partial charge in [-0.2, -0.15) is 13.2 Å². The minimum atomic E-state index is -4.46. The van der Waals surface area contributed by atoms with E-state index < -0.39 is 11.7 Å². The van der Waals surface area contributed by atoms with Gasteiger partial charge >= 0.3 is 6.18 Å². The van der Waals surface area contributed by atoms with Crippen molar-refractivity contribution in [1.29, 1.82) is 0 Å². The zero-order valence-electron chi connectivity index (χ0n) is 8.54. The molecule has 1 heterocycles. The van der Waals surface area contributed by atoms with Crippen LogP contribution in [-0.2, 0) is 6.18 Å². The second kappa shape index (κ2) is 3.84. The Bertz CT molecular complexity index is 388. The molecule has 0 bridgehead atoms. The Morgan fingerprint density at radius 3 is 2.56 bits per heavy atom. The third kappa shape index (κ3) is 2.37. The lowest BCUT2D eigenvalue weighted by atomic mass is 10.2. The number of hydrogen-bond acceptors (Lipinski definition) is 3. The second-order valence-corrected chi connectivity index (χ2v) is 3.54. The van der Waals surface area contributed by atoms with Crippen LogP contribution in [0.4, 0.5) is 13.2 Å². The average molecular weight is 233 g/mol. The van der Waals surface area contributed by atoms with Crippen LogP contribution in [0.5, 0.6) is 11.6 Å². The first-order valence-corrected chi connectivity index (χ1v) is 4.78. The van der Waals surface area contributed by atoms with Crippen LogP contribution in [0.3, 0.4) is 0 Å². The number of nitrogens with zero attached hydrogens (tertiary/aromatic N) is 1. The topological polar surface area (TPSA) is 31.4 Å². The SMILES string of the molecule is COc1cc(C(F)(F)F)c(OC2CC2)cn1. The molecule has 88 valence electrons. The quantitative estimate of drug-likeness (QED) is 0.804. The van der Waals surface area contributed by atoms with Gasteiger partial charge in [0.05, 0.1) is 19.4 Å². The summed E-state index contributed by atoms with van der Waals surface area (Å²) in [4.78, 5) is 3.70. The molecule has 6 heteroatoms. The Morgan fingerprint density at radius 1 is 1.38 bits per heavy atom. The molecule has 0 radical (unpaired) electrons. The fraction of sp³-hybridized carbons (Fsp3) is 0.500. The largest absolute Gasteiger partial charge is 0.488 e. The van der Waals surface area contributed by atoms with Gasteiger partial charge in [0, 0.05) is 6.07 Å². The Hall–Kier alpha value is -1.46. The first-order chi connectivity index (χ1) is 7.50. The number of alkyl halides is 3. The van der Waals surface area contributed by atoms with Crippen molar-refractivity contribution in [2.45, 2.75) is 25.1 Å². The van der Waals surface area contributed by atoms with Gasteiger partial charge in [-0.3, -0.25) is 0 Å². The number of halogens is 3. The Labute approximate surface area is 90.2 Å². The van der Waals surface area contributed by atoms with Gasteiger partial charge in [-0.25, -0.2) is 4.98 Å². The minimum absolute atomic E-state index is 0.0736. The summed E-state index contributed by atoms with van der Waals surface area (Å²) in [6, 6.07) is 0.845. The van der Waals surface area contributed by atoms with Crippen molar-refractivity contribution in [3.05, 3.63) is 17.8 Å². The van der Waals surface area contributed by atoms with Crippen LogP contribution in [0, 0.1) is 0 Å². The van der Waals surface area contributed by atoms with Gasteiger partial charge in [0.15, 0.2) is 5.75 Å². The van der Waals surface area contributed by atoms with Crippen LogP contribution in [0.25, 0.3) is 0 Å². The molecule has 16 heavy (non-hydrogen) atoms. The van der Waals surface area contributed by atoms with Crippen LogP contribution >= 0.6 is 0 Å². The highest BCUT2D eigenvalue weighted by molar-refractivity contribution is 5.37. The summed E-state index contributed by atoms with van der Waals surface area (Å²) in [5, 5.41) is 0. The van der Waals surface area contributed by atoms with E-state index in [1.807, 2.05) is 0 Å². The number of hydrogen-bond donors (Lipinski definition) is 0. The number of pyridine rings is 1. The van der Waals surface area contributed by atoms with Crippen molar-refractivity contribution in [2.75, 3.05) is 7.11 Å².